The van der Waals surface area contributed by atoms with Gasteiger partial charge in [-0.15, -0.1) is 11.8 Å². The number of nitrogens with one attached hydrogen (secondary N) is 2. The highest BCUT2D eigenvalue weighted by Gasteiger charge is 2.29. The molecule has 5 nitrogen and oxygen atoms in total. The molecule has 2 N–H and O–H groups in total. The first-order valence-electron chi connectivity index (χ1n) is 8.06. The van der Waals surface area contributed by atoms with Crippen molar-refractivity contribution in [2.75, 3.05) is 18.6 Å². The fourth-order valence-corrected chi connectivity index (χ4v) is 3.82. The van der Waals surface area contributed by atoms with Crippen LogP contribution in [0, 0.1) is 11.3 Å². The molecule has 25 heavy (non-hydrogen) atoms. The maximum absolute atomic E-state index is 12.1. The SMILES string of the molecule is CCCNC(=O)CSC1=C(C#N)[C@@H](c2ccc(SC)cc2)CC(=O)N1. The monoisotopic (exact) mass is 375 g/mol. The number of hydrogen-bond acceptors (Lipinski definition) is 5. The summed E-state index contributed by atoms with van der Waals surface area (Å²) < 4.78 is 0. The number of carbonyl (C=O) groups is 2. The van der Waals surface area contributed by atoms with Gasteiger partial charge in [-0.2, -0.15) is 5.26 Å². The first kappa shape index (κ1) is 19.4. The molecule has 1 aliphatic rings. The fraction of sp³-hybridized carbons (Fsp3) is 0.389. The number of amides is 2. The van der Waals surface area contributed by atoms with E-state index in [2.05, 4.69) is 16.7 Å². The Balaban J connectivity index is 2.20. The lowest BCUT2D eigenvalue weighted by Gasteiger charge is -2.25. The van der Waals surface area contributed by atoms with Gasteiger partial charge >= 0.3 is 0 Å². The zero-order valence-electron chi connectivity index (χ0n) is 14.3. The van der Waals surface area contributed by atoms with Gasteiger partial charge in [0, 0.05) is 23.8 Å². The van der Waals surface area contributed by atoms with Crippen LogP contribution in [0.15, 0.2) is 39.8 Å². The zero-order valence-corrected chi connectivity index (χ0v) is 15.9. The van der Waals surface area contributed by atoms with Gasteiger partial charge in [-0.05, 0) is 30.4 Å². The maximum atomic E-state index is 12.1. The van der Waals surface area contributed by atoms with Gasteiger partial charge in [-0.25, -0.2) is 0 Å². The van der Waals surface area contributed by atoms with Crippen molar-refractivity contribution in [3.8, 4) is 6.07 Å². The Labute approximate surface area is 156 Å². The number of nitriles is 1. The Hall–Kier alpha value is -1.91. The Bertz CT molecular complexity index is 708. The van der Waals surface area contributed by atoms with Crippen LogP contribution in [0.4, 0.5) is 0 Å². The Morgan fingerprint density at radius 3 is 2.72 bits per heavy atom. The van der Waals surface area contributed by atoms with Gasteiger partial charge in [0.1, 0.15) is 0 Å². The van der Waals surface area contributed by atoms with Crippen molar-refractivity contribution >= 4 is 35.3 Å². The van der Waals surface area contributed by atoms with Gasteiger partial charge in [-0.3, -0.25) is 9.59 Å². The summed E-state index contributed by atoms with van der Waals surface area (Å²) in [5.41, 5.74) is 1.46. The summed E-state index contributed by atoms with van der Waals surface area (Å²) in [6.07, 6.45) is 3.11. The Morgan fingerprint density at radius 1 is 1.40 bits per heavy atom. The molecule has 1 atom stereocenters. The number of hydrogen-bond donors (Lipinski definition) is 2. The zero-order chi connectivity index (χ0) is 18.2. The summed E-state index contributed by atoms with van der Waals surface area (Å²) in [6.45, 7) is 2.61. The van der Waals surface area contributed by atoms with Crippen LogP contribution in [0.1, 0.15) is 31.2 Å². The molecule has 0 saturated heterocycles. The van der Waals surface area contributed by atoms with E-state index in [1.807, 2.05) is 37.4 Å². The number of benzene rings is 1. The molecular weight excluding hydrogens is 354 g/mol. The molecule has 0 saturated carbocycles. The highest BCUT2D eigenvalue weighted by Crippen LogP contribution is 2.36. The van der Waals surface area contributed by atoms with Gasteiger partial charge < -0.3 is 10.6 Å². The summed E-state index contributed by atoms with van der Waals surface area (Å²) in [6, 6.07) is 10.1. The summed E-state index contributed by atoms with van der Waals surface area (Å²) in [5.74, 6) is -0.318. The Kier molecular flexibility index (Phi) is 7.41. The average molecular weight is 376 g/mol. The molecule has 0 aliphatic carbocycles. The van der Waals surface area contributed by atoms with Crippen molar-refractivity contribution in [2.24, 2.45) is 0 Å². The number of nitrogens with zero attached hydrogens (tertiary/aromatic N) is 1. The predicted octanol–water partition coefficient (Wildman–Crippen LogP) is 3.01. The van der Waals surface area contributed by atoms with Gasteiger partial charge in [0.15, 0.2) is 0 Å². The lowest BCUT2D eigenvalue weighted by Crippen LogP contribution is -2.32. The normalized spacial score (nSPS) is 17.0. The number of allylic oxidation sites excluding steroid dienone is 1. The van der Waals surface area contributed by atoms with E-state index < -0.39 is 0 Å². The molecule has 0 bridgehead atoms. The molecule has 7 heteroatoms. The first-order valence-corrected chi connectivity index (χ1v) is 10.3. The minimum atomic E-state index is -0.268. The van der Waals surface area contributed by atoms with E-state index >= 15 is 0 Å². The number of carbonyl (C=O) groups excluding carboxylic acids is 2. The lowest BCUT2D eigenvalue weighted by atomic mass is 9.87. The highest BCUT2D eigenvalue weighted by molar-refractivity contribution is 8.03. The highest BCUT2D eigenvalue weighted by atomic mass is 32.2. The van der Waals surface area contributed by atoms with Crippen molar-refractivity contribution in [2.45, 2.75) is 30.6 Å². The second kappa shape index (κ2) is 9.54. The molecule has 1 aliphatic heterocycles. The third-order valence-corrected chi connectivity index (χ3v) is 5.55. The van der Waals surface area contributed by atoms with Gasteiger partial charge in [0.2, 0.25) is 11.8 Å². The van der Waals surface area contributed by atoms with Crippen LogP contribution in [0.3, 0.4) is 0 Å². The van der Waals surface area contributed by atoms with Crippen molar-refractivity contribution in [3.05, 3.63) is 40.4 Å². The van der Waals surface area contributed by atoms with Crippen LogP contribution in [0.2, 0.25) is 0 Å². The number of thioether (sulfide) groups is 2. The van der Waals surface area contributed by atoms with E-state index in [0.29, 0.717) is 17.1 Å². The molecule has 0 fully saturated rings. The van der Waals surface area contributed by atoms with Gasteiger partial charge in [-0.1, -0.05) is 30.8 Å². The largest absolute Gasteiger partial charge is 0.355 e. The molecule has 132 valence electrons. The maximum Gasteiger partial charge on any atom is 0.230 e. The molecule has 0 radical (unpaired) electrons. The molecule has 1 aromatic rings. The quantitative estimate of drug-likeness (QED) is 0.716. The molecule has 2 rings (SSSR count). The summed E-state index contributed by atoms with van der Waals surface area (Å²) in [4.78, 5) is 25.0. The minimum Gasteiger partial charge on any atom is -0.355 e. The predicted molar refractivity (Wildman–Crippen MR) is 102 cm³/mol. The van der Waals surface area contributed by atoms with E-state index in [9.17, 15) is 14.9 Å². The molecule has 1 heterocycles. The number of rotatable bonds is 7. The third-order valence-electron chi connectivity index (χ3n) is 3.79. The van der Waals surface area contributed by atoms with E-state index in [4.69, 9.17) is 0 Å². The van der Waals surface area contributed by atoms with Crippen LogP contribution in [0.25, 0.3) is 0 Å². The second-order valence-electron chi connectivity index (χ2n) is 5.57. The lowest BCUT2D eigenvalue weighted by molar-refractivity contribution is -0.121. The Morgan fingerprint density at radius 2 is 2.12 bits per heavy atom. The molecule has 2 amide bonds. The minimum absolute atomic E-state index is 0.0997. The summed E-state index contributed by atoms with van der Waals surface area (Å²) in [7, 11) is 0. The molecular formula is C18H21N3O2S2. The van der Waals surface area contributed by atoms with Crippen molar-refractivity contribution in [1.29, 1.82) is 5.26 Å². The van der Waals surface area contributed by atoms with Crippen LogP contribution >= 0.6 is 23.5 Å². The standard InChI is InChI=1S/C18H21N3O2S2/c1-3-8-20-17(23)11-25-18-15(10-19)14(9-16(22)21-18)12-4-6-13(24-2)7-5-12/h4-7,14H,3,8-9,11H2,1-2H3,(H,20,23)(H,21,22)/t14-/m1/s1. The van der Waals surface area contributed by atoms with Crippen molar-refractivity contribution < 1.29 is 9.59 Å². The van der Waals surface area contributed by atoms with Crippen LogP contribution < -0.4 is 10.6 Å². The van der Waals surface area contributed by atoms with Crippen LogP contribution in [-0.2, 0) is 9.59 Å². The summed E-state index contributed by atoms with van der Waals surface area (Å²) >= 11 is 2.85. The van der Waals surface area contributed by atoms with Crippen molar-refractivity contribution in [3.63, 3.8) is 0 Å². The fourth-order valence-electron chi connectivity index (χ4n) is 2.51. The molecule has 0 aromatic heterocycles. The molecule has 0 spiro atoms. The van der Waals surface area contributed by atoms with Crippen LogP contribution in [-0.4, -0.2) is 30.4 Å². The van der Waals surface area contributed by atoms with E-state index in [1.165, 1.54) is 11.8 Å². The van der Waals surface area contributed by atoms with E-state index in [0.717, 1.165) is 16.9 Å². The van der Waals surface area contributed by atoms with Gasteiger partial charge in [0.25, 0.3) is 0 Å². The summed E-state index contributed by atoms with van der Waals surface area (Å²) in [5, 5.41) is 15.6. The van der Waals surface area contributed by atoms with E-state index in [1.54, 1.807) is 11.8 Å². The molecule has 1 aromatic carbocycles. The third kappa shape index (κ3) is 5.28. The second-order valence-corrected chi connectivity index (χ2v) is 7.44. The topological polar surface area (TPSA) is 82.0 Å². The first-order chi connectivity index (χ1) is 12.1. The van der Waals surface area contributed by atoms with Crippen LogP contribution in [0.5, 0.6) is 0 Å². The molecule has 0 unspecified atom stereocenters. The van der Waals surface area contributed by atoms with Gasteiger partial charge in [0.05, 0.1) is 22.4 Å². The van der Waals surface area contributed by atoms with E-state index in [-0.39, 0.29) is 29.9 Å². The average Bonchev–Trinajstić information content (AvgIpc) is 2.64. The van der Waals surface area contributed by atoms with Crippen molar-refractivity contribution in [1.82, 2.24) is 10.6 Å². The smallest absolute Gasteiger partial charge is 0.230 e.